The Balaban J connectivity index is 2.66. The molecule has 0 N–H and O–H groups in total. The normalized spacial score (nSPS) is 27.7. The highest BCUT2D eigenvalue weighted by Crippen LogP contribution is 2.55. The van der Waals surface area contributed by atoms with Crippen molar-refractivity contribution in [3.05, 3.63) is 35.3 Å². The van der Waals surface area contributed by atoms with Crippen LogP contribution in [0.5, 0.6) is 0 Å². The lowest BCUT2D eigenvalue weighted by Crippen LogP contribution is -2.57. The SMILES string of the molecule is CC1=C(/C=C(\C)C#N)C(C)(C)C(C)(C)C2N(C)C=CN12. The quantitative estimate of drug-likeness (QED) is 0.679. The minimum atomic E-state index is -0.00333. The third kappa shape index (κ3) is 1.78. The van der Waals surface area contributed by atoms with Gasteiger partial charge in [-0.2, -0.15) is 5.26 Å². The zero-order valence-corrected chi connectivity index (χ0v) is 13.7. The Hall–Kier alpha value is -1.69. The predicted octanol–water partition coefficient (Wildman–Crippen LogP) is 3.84. The fourth-order valence-corrected chi connectivity index (χ4v) is 3.48. The first kappa shape index (κ1) is 14.7. The third-order valence-corrected chi connectivity index (χ3v) is 5.36. The van der Waals surface area contributed by atoms with E-state index >= 15 is 0 Å². The van der Waals surface area contributed by atoms with Gasteiger partial charge in [0.25, 0.3) is 0 Å². The zero-order valence-electron chi connectivity index (χ0n) is 13.7. The molecule has 2 aliphatic heterocycles. The lowest BCUT2D eigenvalue weighted by atomic mass is 9.59. The highest BCUT2D eigenvalue weighted by molar-refractivity contribution is 5.42. The molecule has 0 saturated carbocycles. The largest absolute Gasteiger partial charge is 0.358 e. The summed E-state index contributed by atoms with van der Waals surface area (Å²) in [6.07, 6.45) is 6.67. The lowest BCUT2D eigenvalue weighted by molar-refractivity contribution is -0.0215. The van der Waals surface area contributed by atoms with Gasteiger partial charge >= 0.3 is 0 Å². The van der Waals surface area contributed by atoms with Crippen molar-refractivity contribution in [2.24, 2.45) is 10.8 Å². The number of allylic oxidation sites excluding steroid dienone is 4. The number of nitriles is 1. The van der Waals surface area contributed by atoms with Gasteiger partial charge in [0.15, 0.2) is 0 Å². The van der Waals surface area contributed by atoms with Gasteiger partial charge in [0, 0.05) is 41.5 Å². The maximum Gasteiger partial charge on any atom is 0.111 e. The molecular formula is C17H25N3. The van der Waals surface area contributed by atoms with E-state index in [-0.39, 0.29) is 10.8 Å². The summed E-state index contributed by atoms with van der Waals surface area (Å²) in [4.78, 5) is 4.62. The molecule has 0 aromatic heterocycles. The highest BCUT2D eigenvalue weighted by Gasteiger charge is 2.53. The molecule has 108 valence electrons. The van der Waals surface area contributed by atoms with Gasteiger partial charge in [-0.1, -0.05) is 27.7 Å². The van der Waals surface area contributed by atoms with Crippen molar-refractivity contribution in [1.29, 1.82) is 5.26 Å². The Morgan fingerprint density at radius 1 is 1.30 bits per heavy atom. The average molecular weight is 271 g/mol. The van der Waals surface area contributed by atoms with Crippen LogP contribution >= 0.6 is 0 Å². The maximum atomic E-state index is 9.10. The number of hydrogen-bond donors (Lipinski definition) is 0. The molecule has 1 unspecified atom stereocenters. The summed E-state index contributed by atoms with van der Waals surface area (Å²) in [6, 6.07) is 2.25. The van der Waals surface area contributed by atoms with E-state index in [0.717, 1.165) is 5.57 Å². The number of rotatable bonds is 1. The topological polar surface area (TPSA) is 30.3 Å². The highest BCUT2D eigenvalue weighted by atomic mass is 15.4. The Morgan fingerprint density at radius 3 is 2.45 bits per heavy atom. The molecule has 2 rings (SSSR count). The van der Waals surface area contributed by atoms with Crippen molar-refractivity contribution in [3.63, 3.8) is 0 Å². The lowest BCUT2D eigenvalue weighted by Gasteiger charge is -2.56. The summed E-state index contributed by atoms with van der Waals surface area (Å²) in [5, 5.41) is 9.10. The summed E-state index contributed by atoms with van der Waals surface area (Å²) >= 11 is 0. The van der Waals surface area contributed by atoms with Crippen molar-refractivity contribution < 1.29 is 0 Å². The van der Waals surface area contributed by atoms with Gasteiger partial charge in [-0.25, -0.2) is 0 Å². The van der Waals surface area contributed by atoms with E-state index in [1.807, 2.05) is 6.92 Å². The monoisotopic (exact) mass is 271 g/mol. The molecule has 1 atom stereocenters. The van der Waals surface area contributed by atoms with Crippen LogP contribution < -0.4 is 0 Å². The van der Waals surface area contributed by atoms with Crippen molar-refractivity contribution in [1.82, 2.24) is 9.80 Å². The van der Waals surface area contributed by atoms with Gasteiger partial charge in [-0.05, 0) is 25.5 Å². The minimum absolute atomic E-state index is 0.00333. The van der Waals surface area contributed by atoms with E-state index in [1.165, 1.54) is 11.3 Å². The van der Waals surface area contributed by atoms with Gasteiger partial charge in [0.2, 0.25) is 0 Å². The van der Waals surface area contributed by atoms with E-state index in [2.05, 4.69) is 76.0 Å². The number of nitrogens with zero attached hydrogens (tertiary/aromatic N) is 3. The van der Waals surface area contributed by atoms with Gasteiger partial charge < -0.3 is 9.80 Å². The summed E-state index contributed by atoms with van der Waals surface area (Å²) < 4.78 is 0. The maximum absolute atomic E-state index is 9.10. The fraction of sp³-hybridized carbons (Fsp3) is 0.588. The molecule has 0 aromatic carbocycles. The first-order valence-corrected chi connectivity index (χ1v) is 7.13. The minimum Gasteiger partial charge on any atom is -0.358 e. The van der Waals surface area contributed by atoms with Crippen LogP contribution in [-0.4, -0.2) is 23.0 Å². The van der Waals surface area contributed by atoms with Crippen LogP contribution in [-0.2, 0) is 0 Å². The molecule has 0 bridgehead atoms. The van der Waals surface area contributed by atoms with Crippen LogP contribution in [0.15, 0.2) is 35.3 Å². The molecule has 3 nitrogen and oxygen atoms in total. The summed E-state index contributed by atoms with van der Waals surface area (Å²) in [6.45, 7) is 13.2. The molecule has 20 heavy (non-hydrogen) atoms. The van der Waals surface area contributed by atoms with Gasteiger partial charge in [-0.15, -0.1) is 0 Å². The Morgan fingerprint density at radius 2 is 1.90 bits per heavy atom. The standard InChI is InChI=1S/C17H25N3/c1-12(11-18)10-14-13(2)20-9-8-19(7)15(20)17(5,6)16(14,3)4/h8-10,15H,1-7H3/b12-10+. The van der Waals surface area contributed by atoms with E-state index in [9.17, 15) is 0 Å². The zero-order chi connectivity index (χ0) is 15.3. The van der Waals surface area contributed by atoms with Gasteiger partial charge in [-0.3, -0.25) is 0 Å². The smallest absolute Gasteiger partial charge is 0.111 e. The Bertz CT molecular complexity index is 555. The molecule has 2 heterocycles. The molecule has 0 aliphatic carbocycles. The van der Waals surface area contributed by atoms with E-state index in [0.29, 0.717) is 6.17 Å². The average Bonchev–Trinajstić information content (AvgIpc) is 2.75. The van der Waals surface area contributed by atoms with Crippen LogP contribution in [0.3, 0.4) is 0 Å². The molecule has 2 aliphatic rings. The Kier molecular flexibility index (Phi) is 3.25. The molecular weight excluding hydrogens is 246 g/mol. The molecule has 0 fully saturated rings. The number of fused-ring (bicyclic) bond motifs is 1. The van der Waals surface area contributed by atoms with E-state index in [1.54, 1.807) is 0 Å². The molecule has 0 spiro atoms. The molecule has 0 saturated heterocycles. The van der Waals surface area contributed by atoms with Crippen molar-refractivity contribution >= 4 is 0 Å². The van der Waals surface area contributed by atoms with Crippen LogP contribution in [0.4, 0.5) is 0 Å². The predicted molar refractivity (Wildman–Crippen MR) is 82.2 cm³/mol. The van der Waals surface area contributed by atoms with Crippen molar-refractivity contribution in [2.75, 3.05) is 7.05 Å². The summed E-state index contributed by atoms with van der Waals surface area (Å²) in [5.41, 5.74) is 3.33. The van der Waals surface area contributed by atoms with E-state index in [4.69, 9.17) is 5.26 Å². The van der Waals surface area contributed by atoms with Gasteiger partial charge in [0.1, 0.15) is 6.17 Å². The fourth-order valence-electron chi connectivity index (χ4n) is 3.48. The molecule has 3 heteroatoms. The first-order valence-electron chi connectivity index (χ1n) is 7.13. The first-order chi connectivity index (χ1) is 9.14. The second kappa shape index (κ2) is 4.41. The van der Waals surface area contributed by atoms with Crippen LogP contribution in [0.1, 0.15) is 41.5 Å². The number of hydrogen-bond acceptors (Lipinski definition) is 3. The molecule has 0 aromatic rings. The second-order valence-corrected chi connectivity index (χ2v) is 7.03. The van der Waals surface area contributed by atoms with Crippen LogP contribution in [0, 0.1) is 22.2 Å². The molecule has 0 amide bonds. The summed E-state index contributed by atoms with van der Waals surface area (Å²) in [5.74, 6) is 0. The third-order valence-electron chi connectivity index (χ3n) is 5.36. The summed E-state index contributed by atoms with van der Waals surface area (Å²) in [7, 11) is 2.13. The van der Waals surface area contributed by atoms with Gasteiger partial charge in [0.05, 0.1) is 6.07 Å². The second-order valence-electron chi connectivity index (χ2n) is 7.03. The van der Waals surface area contributed by atoms with E-state index < -0.39 is 0 Å². The van der Waals surface area contributed by atoms with Crippen LogP contribution in [0.25, 0.3) is 0 Å². The van der Waals surface area contributed by atoms with Crippen LogP contribution in [0.2, 0.25) is 0 Å². The van der Waals surface area contributed by atoms with Crippen molar-refractivity contribution in [2.45, 2.75) is 47.7 Å². The van der Waals surface area contributed by atoms with Crippen molar-refractivity contribution in [3.8, 4) is 6.07 Å². The Labute approximate surface area is 122 Å². The molecule has 0 radical (unpaired) electrons.